The Morgan fingerprint density at radius 1 is 1.38 bits per heavy atom. The highest BCUT2D eigenvalue weighted by Gasteiger charge is 2.49. The number of sulfone groups is 1. The van der Waals surface area contributed by atoms with E-state index in [2.05, 4.69) is 4.99 Å². The second-order valence-electron chi connectivity index (χ2n) is 6.18. The average Bonchev–Trinajstić information content (AvgIpc) is 2.93. The zero-order chi connectivity index (χ0) is 17.5. The lowest BCUT2D eigenvalue weighted by Crippen LogP contribution is -2.38. The molecule has 3 rings (SSSR count). The SMILES string of the molecule is COCC(=O)N=C1S[C@H]2CS(=O)(=O)C[C@H]2N1c1cc(C)ccc1C. The number of carbonyl (C=O) groups excluding carboxylic acids is 1. The van der Waals surface area contributed by atoms with Crippen LogP contribution in [0, 0.1) is 13.8 Å². The van der Waals surface area contributed by atoms with E-state index in [0.717, 1.165) is 16.8 Å². The molecule has 2 aliphatic rings. The number of carbonyl (C=O) groups is 1. The van der Waals surface area contributed by atoms with Crippen molar-refractivity contribution in [3.05, 3.63) is 29.3 Å². The summed E-state index contributed by atoms with van der Waals surface area (Å²) in [5.41, 5.74) is 3.02. The van der Waals surface area contributed by atoms with Crippen LogP contribution >= 0.6 is 11.8 Å². The van der Waals surface area contributed by atoms with Crippen LogP contribution in [0.4, 0.5) is 5.69 Å². The second-order valence-corrected chi connectivity index (χ2v) is 9.54. The lowest BCUT2D eigenvalue weighted by molar-refractivity contribution is -0.121. The van der Waals surface area contributed by atoms with Gasteiger partial charge in [0.1, 0.15) is 6.61 Å². The highest BCUT2D eigenvalue weighted by Crippen LogP contribution is 2.42. The fourth-order valence-electron chi connectivity index (χ4n) is 3.09. The molecule has 1 aromatic carbocycles. The number of amides is 1. The van der Waals surface area contributed by atoms with Gasteiger partial charge in [0, 0.05) is 18.0 Å². The van der Waals surface area contributed by atoms with E-state index in [1.54, 1.807) is 0 Å². The van der Waals surface area contributed by atoms with Crippen molar-refractivity contribution in [1.82, 2.24) is 0 Å². The molecule has 0 unspecified atom stereocenters. The predicted molar refractivity (Wildman–Crippen MR) is 96.5 cm³/mol. The topological polar surface area (TPSA) is 76.0 Å². The molecule has 0 spiro atoms. The number of benzene rings is 1. The molecule has 1 aromatic rings. The van der Waals surface area contributed by atoms with Crippen molar-refractivity contribution < 1.29 is 17.9 Å². The second kappa shape index (κ2) is 6.50. The van der Waals surface area contributed by atoms with E-state index in [0.29, 0.717) is 5.17 Å². The summed E-state index contributed by atoms with van der Waals surface area (Å²) in [6.07, 6.45) is 0. The number of ether oxygens (including phenoxy) is 1. The highest BCUT2D eigenvalue weighted by molar-refractivity contribution is 8.16. The van der Waals surface area contributed by atoms with Crippen LogP contribution in [0.5, 0.6) is 0 Å². The van der Waals surface area contributed by atoms with Crippen LogP contribution in [0.15, 0.2) is 23.2 Å². The third-order valence-corrected chi connectivity index (χ3v) is 7.39. The van der Waals surface area contributed by atoms with Gasteiger partial charge in [0.05, 0.1) is 17.5 Å². The summed E-state index contributed by atoms with van der Waals surface area (Å²) in [6, 6.07) is 5.84. The molecule has 0 aromatic heterocycles. The number of fused-ring (bicyclic) bond motifs is 1. The molecule has 2 fully saturated rings. The smallest absolute Gasteiger partial charge is 0.274 e. The Kier molecular flexibility index (Phi) is 4.72. The number of hydrogen-bond acceptors (Lipinski definition) is 5. The molecule has 0 bridgehead atoms. The predicted octanol–water partition coefficient (Wildman–Crippen LogP) is 1.55. The lowest BCUT2D eigenvalue weighted by Gasteiger charge is -2.26. The molecular weight excluding hydrogens is 348 g/mol. The Labute approximate surface area is 146 Å². The van der Waals surface area contributed by atoms with Gasteiger partial charge < -0.3 is 9.64 Å². The average molecular weight is 368 g/mol. The first-order valence-corrected chi connectivity index (χ1v) is 10.3. The molecule has 0 radical (unpaired) electrons. The van der Waals surface area contributed by atoms with E-state index in [-0.39, 0.29) is 35.3 Å². The zero-order valence-corrected chi connectivity index (χ0v) is 15.5. The van der Waals surface area contributed by atoms with E-state index < -0.39 is 9.84 Å². The lowest BCUT2D eigenvalue weighted by atomic mass is 10.1. The maximum atomic E-state index is 12.0. The molecule has 1 amide bonds. The van der Waals surface area contributed by atoms with Crippen LogP contribution in [0.3, 0.4) is 0 Å². The molecule has 6 nitrogen and oxygen atoms in total. The van der Waals surface area contributed by atoms with Gasteiger partial charge >= 0.3 is 0 Å². The number of nitrogens with zero attached hydrogens (tertiary/aromatic N) is 2. The van der Waals surface area contributed by atoms with E-state index >= 15 is 0 Å². The molecule has 2 aliphatic heterocycles. The molecule has 8 heteroatoms. The van der Waals surface area contributed by atoms with Gasteiger partial charge in [0.2, 0.25) is 0 Å². The minimum absolute atomic E-state index is 0.0850. The summed E-state index contributed by atoms with van der Waals surface area (Å²) in [6.45, 7) is 3.88. The van der Waals surface area contributed by atoms with Crippen LogP contribution in [-0.4, -0.2) is 56.0 Å². The maximum Gasteiger partial charge on any atom is 0.274 e. The van der Waals surface area contributed by atoms with Gasteiger partial charge in [0.25, 0.3) is 5.91 Å². The number of aryl methyl sites for hydroxylation is 2. The van der Waals surface area contributed by atoms with E-state index in [4.69, 9.17) is 4.74 Å². The zero-order valence-electron chi connectivity index (χ0n) is 13.9. The molecule has 0 saturated carbocycles. The number of amidine groups is 1. The summed E-state index contributed by atoms with van der Waals surface area (Å²) < 4.78 is 28.9. The molecule has 0 aliphatic carbocycles. The normalized spacial score (nSPS) is 26.8. The van der Waals surface area contributed by atoms with Gasteiger partial charge in [-0.2, -0.15) is 4.99 Å². The van der Waals surface area contributed by atoms with Gasteiger partial charge in [-0.3, -0.25) is 4.79 Å². The first kappa shape index (κ1) is 17.4. The summed E-state index contributed by atoms with van der Waals surface area (Å²) in [5.74, 6) is -0.144. The Balaban J connectivity index is 2.04. The first-order valence-electron chi connectivity index (χ1n) is 7.65. The summed E-state index contributed by atoms with van der Waals surface area (Å²) >= 11 is 1.38. The van der Waals surface area contributed by atoms with Crippen molar-refractivity contribution in [1.29, 1.82) is 0 Å². The number of hydrogen-bond donors (Lipinski definition) is 0. The number of methoxy groups -OCH3 is 1. The van der Waals surface area contributed by atoms with Crippen molar-refractivity contribution in [3.63, 3.8) is 0 Å². The Bertz CT molecular complexity index is 804. The van der Waals surface area contributed by atoms with Crippen molar-refractivity contribution in [2.45, 2.75) is 25.1 Å². The van der Waals surface area contributed by atoms with Gasteiger partial charge in [-0.1, -0.05) is 23.9 Å². The van der Waals surface area contributed by atoms with Crippen LogP contribution < -0.4 is 4.90 Å². The van der Waals surface area contributed by atoms with Gasteiger partial charge in [-0.05, 0) is 31.0 Å². The summed E-state index contributed by atoms with van der Waals surface area (Å²) in [5, 5.41) is 0.472. The number of rotatable bonds is 3. The number of anilines is 1. The van der Waals surface area contributed by atoms with E-state index in [1.807, 2.05) is 36.9 Å². The third-order valence-electron chi connectivity index (χ3n) is 4.18. The molecule has 2 heterocycles. The highest BCUT2D eigenvalue weighted by atomic mass is 32.2. The summed E-state index contributed by atoms with van der Waals surface area (Å²) in [7, 11) is -1.61. The van der Waals surface area contributed by atoms with Crippen LogP contribution in [0.25, 0.3) is 0 Å². The minimum Gasteiger partial charge on any atom is -0.375 e. The molecule has 0 N–H and O–H groups in total. The van der Waals surface area contributed by atoms with E-state index in [1.165, 1.54) is 18.9 Å². The Hall–Kier alpha value is -1.38. The molecule has 130 valence electrons. The maximum absolute atomic E-state index is 12.0. The van der Waals surface area contributed by atoms with Crippen LogP contribution in [0.2, 0.25) is 0 Å². The minimum atomic E-state index is -3.06. The number of thioether (sulfide) groups is 1. The van der Waals surface area contributed by atoms with Crippen LogP contribution in [0.1, 0.15) is 11.1 Å². The van der Waals surface area contributed by atoms with Crippen LogP contribution in [-0.2, 0) is 19.4 Å². The van der Waals surface area contributed by atoms with Crippen molar-refractivity contribution in [2.24, 2.45) is 4.99 Å². The fourth-order valence-corrected chi connectivity index (χ4v) is 7.01. The third kappa shape index (κ3) is 3.36. The largest absolute Gasteiger partial charge is 0.375 e. The monoisotopic (exact) mass is 368 g/mol. The Morgan fingerprint density at radius 2 is 2.12 bits per heavy atom. The molecule has 2 atom stereocenters. The molecule has 24 heavy (non-hydrogen) atoms. The quantitative estimate of drug-likeness (QED) is 0.806. The molecular formula is C16H20N2O4S2. The van der Waals surface area contributed by atoms with Crippen molar-refractivity contribution >= 4 is 38.4 Å². The Morgan fingerprint density at radius 3 is 2.83 bits per heavy atom. The van der Waals surface area contributed by atoms with Crippen molar-refractivity contribution in [2.75, 3.05) is 30.1 Å². The number of aliphatic imine (C=N–C) groups is 1. The fraction of sp³-hybridized carbons (Fsp3) is 0.500. The van der Waals surface area contributed by atoms with Gasteiger partial charge in [-0.15, -0.1) is 0 Å². The summed E-state index contributed by atoms with van der Waals surface area (Å²) in [4.78, 5) is 18.0. The standard InChI is InChI=1S/C16H20N2O4S2/c1-10-4-5-11(2)12(6-10)18-13-8-24(20,21)9-14(13)23-16(18)17-15(19)7-22-3/h4-6,13-14H,7-9H2,1-3H3/t13-,14+/m1/s1. The van der Waals surface area contributed by atoms with E-state index in [9.17, 15) is 13.2 Å². The first-order chi connectivity index (χ1) is 11.3. The van der Waals surface area contributed by atoms with Gasteiger partial charge in [-0.25, -0.2) is 8.42 Å². The van der Waals surface area contributed by atoms with Gasteiger partial charge in [0.15, 0.2) is 15.0 Å². The van der Waals surface area contributed by atoms with Crippen molar-refractivity contribution in [3.8, 4) is 0 Å². The molecule has 2 saturated heterocycles.